The van der Waals surface area contributed by atoms with E-state index in [1.807, 2.05) is 11.8 Å². The number of aromatic nitrogens is 2. The maximum atomic E-state index is 6.15. The van der Waals surface area contributed by atoms with Crippen molar-refractivity contribution in [3.05, 3.63) is 11.7 Å². The van der Waals surface area contributed by atoms with Gasteiger partial charge in [-0.2, -0.15) is 16.7 Å². The molecule has 5 heteroatoms. The molecule has 1 saturated carbocycles. The van der Waals surface area contributed by atoms with Crippen LogP contribution in [0.1, 0.15) is 64.6 Å². The summed E-state index contributed by atoms with van der Waals surface area (Å²) in [6.45, 7) is 6.40. The maximum Gasteiger partial charge on any atom is 0.228 e. The van der Waals surface area contributed by atoms with Crippen LogP contribution >= 0.6 is 11.8 Å². The number of hydrogen-bond acceptors (Lipinski definition) is 5. The van der Waals surface area contributed by atoms with E-state index in [1.54, 1.807) is 0 Å². The monoisotopic (exact) mass is 297 g/mol. The average molecular weight is 297 g/mol. The highest BCUT2D eigenvalue weighted by atomic mass is 32.2. The van der Waals surface area contributed by atoms with Crippen LogP contribution in [0.5, 0.6) is 0 Å². The molecule has 1 fully saturated rings. The predicted molar refractivity (Wildman–Crippen MR) is 83.6 cm³/mol. The van der Waals surface area contributed by atoms with Gasteiger partial charge in [0.05, 0.1) is 5.75 Å². The molecule has 0 aromatic carbocycles. The standard InChI is InChI=1S/C15H27N3OS/c1-15(2,3)12(16)9-14-17-13(18-19-14)10-20-11-7-5-4-6-8-11/h11-12H,4-10,16H2,1-3H3. The molecule has 1 atom stereocenters. The molecule has 0 aliphatic heterocycles. The molecule has 0 radical (unpaired) electrons. The zero-order valence-corrected chi connectivity index (χ0v) is 13.7. The van der Waals surface area contributed by atoms with Crippen molar-refractivity contribution >= 4 is 11.8 Å². The lowest BCUT2D eigenvalue weighted by Crippen LogP contribution is -2.36. The fraction of sp³-hybridized carbons (Fsp3) is 0.867. The van der Waals surface area contributed by atoms with Gasteiger partial charge in [-0.1, -0.05) is 45.2 Å². The van der Waals surface area contributed by atoms with Crippen LogP contribution in [-0.2, 0) is 12.2 Å². The molecule has 0 saturated heterocycles. The highest BCUT2D eigenvalue weighted by molar-refractivity contribution is 7.99. The summed E-state index contributed by atoms with van der Waals surface area (Å²) in [6.07, 6.45) is 7.47. The Morgan fingerprint density at radius 3 is 2.65 bits per heavy atom. The van der Waals surface area contributed by atoms with Gasteiger partial charge in [-0.3, -0.25) is 0 Å². The molecule has 2 N–H and O–H groups in total. The summed E-state index contributed by atoms with van der Waals surface area (Å²) in [5.74, 6) is 2.35. The molecule has 1 heterocycles. The van der Waals surface area contributed by atoms with Crippen LogP contribution in [0.3, 0.4) is 0 Å². The van der Waals surface area contributed by atoms with Crippen molar-refractivity contribution in [2.45, 2.75) is 76.3 Å². The molecule has 1 aromatic heterocycles. The number of nitrogens with zero attached hydrogens (tertiary/aromatic N) is 2. The van der Waals surface area contributed by atoms with E-state index in [-0.39, 0.29) is 11.5 Å². The van der Waals surface area contributed by atoms with E-state index in [4.69, 9.17) is 10.3 Å². The van der Waals surface area contributed by atoms with E-state index >= 15 is 0 Å². The SMILES string of the molecule is CC(C)(C)C(N)Cc1nc(CSC2CCCCC2)no1. The first-order valence-electron chi connectivity index (χ1n) is 7.64. The van der Waals surface area contributed by atoms with Gasteiger partial charge in [-0.05, 0) is 18.3 Å². The van der Waals surface area contributed by atoms with Crippen LogP contribution in [0.25, 0.3) is 0 Å². The van der Waals surface area contributed by atoms with Crippen molar-refractivity contribution < 1.29 is 4.52 Å². The summed E-state index contributed by atoms with van der Waals surface area (Å²) in [5, 5.41) is 4.85. The number of rotatable bonds is 5. The lowest BCUT2D eigenvalue weighted by atomic mass is 9.85. The Labute approximate surface area is 126 Å². The largest absolute Gasteiger partial charge is 0.339 e. The van der Waals surface area contributed by atoms with E-state index in [1.165, 1.54) is 32.1 Å². The first-order valence-corrected chi connectivity index (χ1v) is 8.68. The van der Waals surface area contributed by atoms with Gasteiger partial charge in [0, 0.05) is 17.7 Å². The molecule has 1 unspecified atom stereocenters. The second kappa shape index (κ2) is 6.94. The normalized spacial score (nSPS) is 19.2. The fourth-order valence-corrected chi connectivity index (χ4v) is 3.52. The second-order valence-corrected chi connectivity index (χ2v) is 8.14. The summed E-state index contributed by atoms with van der Waals surface area (Å²) < 4.78 is 5.32. The first-order chi connectivity index (χ1) is 9.45. The Kier molecular flexibility index (Phi) is 5.49. The molecule has 0 bridgehead atoms. The van der Waals surface area contributed by atoms with Crippen LogP contribution in [0, 0.1) is 5.41 Å². The molecule has 1 aliphatic rings. The third-order valence-electron chi connectivity index (χ3n) is 4.02. The molecule has 2 rings (SSSR count). The highest BCUT2D eigenvalue weighted by Gasteiger charge is 2.23. The van der Waals surface area contributed by atoms with Crippen LogP contribution in [0.15, 0.2) is 4.52 Å². The molecule has 0 spiro atoms. The van der Waals surface area contributed by atoms with Crippen molar-refractivity contribution in [1.29, 1.82) is 0 Å². The topological polar surface area (TPSA) is 64.9 Å². The zero-order valence-electron chi connectivity index (χ0n) is 12.9. The second-order valence-electron chi connectivity index (χ2n) is 6.85. The molecule has 0 amide bonds. The van der Waals surface area contributed by atoms with Gasteiger partial charge >= 0.3 is 0 Å². The molecule has 1 aliphatic carbocycles. The third-order valence-corrected chi connectivity index (χ3v) is 5.39. The minimum Gasteiger partial charge on any atom is -0.339 e. The van der Waals surface area contributed by atoms with Gasteiger partial charge in [0.1, 0.15) is 0 Å². The van der Waals surface area contributed by atoms with E-state index < -0.39 is 0 Å². The van der Waals surface area contributed by atoms with E-state index in [0.717, 1.165) is 16.8 Å². The number of hydrogen-bond donors (Lipinski definition) is 1. The van der Waals surface area contributed by atoms with Crippen molar-refractivity contribution in [3.8, 4) is 0 Å². The van der Waals surface area contributed by atoms with Gasteiger partial charge in [0.25, 0.3) is 0 Å². The summed E-state index contributed by atoms with van der Waals surface area (Å²) in [5.41, 5.74) is 6.21. The predicted octanol–water partition coefficient (Wildman–Crippen LogP) is 3.55. The summed E-state index contributed by atoms with van der Waals surface area (Å²) in [4.78, 5) is 4.47. The first kappa shape index (κ1) is 15.8. The molecule has 4 nitrogen and oxygen atoms in total. The minimum atomic E-state index is 0.0433. The smallest absolute Gasteiger partial charge is 0.228 e. The summed E-state index contributed by atoms with van der Waals surface area (Å²) in [7, 11) is 0. The molecular weight excluding hydrogens is 270 g/mol. The van der Waals surface area contributed by atoms with Crippen LogP contribution in [0.2, 0.25) is 0 Å². The van der Waals surface area contributed by atoms with Crippen molar-refractivity contribution in [1.82, 2.24) is 10.1 Å². The van der Waals surface area contributed by atoms with Gasteiger partial charge in [0.2, 0.25) is 5.89 Å². The number of thioether (sulfide) groups is 1. The van der Waals surface area contributed by atoms with E-state index in [0.29, 0.717) is 12.3 Å². The summed E-state index contributed by atoms with van der Waals surface area (Å²) in [6, 6.07) is 0.0433. The van der Waals surface area contributed by atoms with Gasteiger partial charge in [0.15, 0.2) is 5.82 Å². The van der Waals surface area contributed by atoms with Crippen molar-refractivity contribution in [2.75, 3.05) is 0 Å². The Hall–Kier alpha value is -0.550. The van der Waals surface area contributed by atoms with Crippen LogP contribution in [0.4, 0.5) is 0 Å². The van der Waals surface area contributed by atoms with E-state index in [9.17, 15) is 0 Å². The molecule has 114 valence electrons. The third kappa shape index (κ3) is 4.77. The highest BCUT2D eigenvalue weighted by Crippen LogP contribution is 2.30. The van der Waals surface area contributed by atoms with Gasteiger partial charge < -0.3 is 10.3 Å². The molecule has 20 heavy (non-hydrogen) atoms. The van der Waals surface area contributed by atoms with Crippen LogP contribution in [-0.4, -0.2) is 21.4 Å². The summed E-state index contributed by atoms with van der Waals surface area (Å²) >= 11 is 1.97. The minimum absolute atomic E-state index is 0.0433. The van der Waals surface area contributed by atoms with E-state index in [2.05, 4.69) is 30.9 Å². The zero-order chi connectivity index (χ0) is 14.6. The van der Waals surface area contributed by atoms with Crippen LogP contribution < -0.4 is 5.73 Å². The Bertz CT molecular complexity index is 407. The van der Waals surface area contributed by atoms with Crippen molar-refractivity contribution in [2.24, 2.45) is 11.1 Å². The molecular formula is C15H27N3OS. The average Bonchev–Trinajstić information content (AvgIpc) is 2.84. The number of nitrogens with two attached hydrogens (primary N) is 1. The lowest BCUT2D eigenvalue weighted by Gasteiger charge is -2.25. The van der Waals surface area contributed by atoms with Gasteiger partial charge in [-0.15, -0.1) is 0 Å². The fourth-order valence-electron chi connectivity index (χ4n) is 2.35. The maximum absolute atomic E-state index is 6.15. The molecule has 1 aromatic rings. The Morgan fingerprint density at radius 2 is 2.00 bits per heavy atom. The van der Waals surface area contributed by atoms with Crippen molar-refractivity contribution in [3.63, 3.8) is 0 Å². The Morgan fingerprint density at radius 1 is 1.30 bits per heavy atom. The lowest BCUT2D eigenvalue weighted by molar-refractivity contribution is 0.285. The Balaban J connectivity index is 1.79. The quantitative estimate of drug-likeness (QED) is 0.900. The van der Waals surface area contributed by atoms with Gasteiger partial charge in [-0.25, -0.2) is 0 Å².